The molecule has 2 N–H and O–H groups in total. The minimum absolute atomic E-state index is 0.494. The molecule has 2 rings (SSSR count). The minimum Gasteiger partial charge on any atom is -0.398 e. The SMILES string of the molecule is C=Cc1ccc(N)c(C2C=CCCC2)c1C.CCC. The van der Waals surface area contributed by atoms with Gasteiger partial charge < -0.3 is 5.73 Å². The molecular weight excluding hydrogens is 230 g/mol. The molecule has 1 unspecified atom stereocenters. The average Bonchev–Trinajstić information content (AvgIpc) is 2.41. The smallest absolute Gasteiger partial charge is 0.0355 e. The Bertz CT molecular complexity index is 443. The van der Waals surface area contributed by atoms with E-state index in [4.69, 9.17) is 5.73 Å². The first-order chi connectivity index (χ1) is 9.15. The Kier molecular flexibility index (Phi) is 6.41. The predicted molar refractivity (Wildman–Crippen MR) is 87.4 cm³/mol. The van der Waals surface area contributed by atoms with Gasteiger partial charge in [0.05, 0.1) is 0 Å². The molecule has 1 aromatic carbocycles. The molecule has 1 nitrogen and oxygen atoms in total. The third-order valence-electron chi connectivity index (χ3n) is 3.44. The summed E-state index contributed by atoms with van der Waals surface area (Å²) in [6.45, 7) is 10.2. The summed E-state index contributed by atoms with van der Waals surface area (Å²) in [5.74, 6) is 0.494. The van der Waals surface area contributed by atoms with Crippen LogP contribution >= 0.6 is 0 Å². The lowest BCUT2D eigenvalue weighted by molar-refractivity contribution is 0.653. The number of anilines is 1. The molecule has 1 aliphatic rings. The second-order valence-corrected chi connectivity index (χ2v) is 5.16. The molecule has 1 atom stereocenters. The van der Waals surface area contributed by atoms with E-state index in [2.05, 4.69) is 39.5 Å². The molecule has 0 radical (unpaired) electrons. The summed E-state index contributed by atoms with van der Waals surface area (Å²) < 4.78 is 0. The Hall–Kier alpha value is -1.50. The third kappa shape index (κ3) is 3.99. The fraction of sp³-hybridized carbons (Fsp3) is 0.444. The number of benzene rings is 1. The van der Waals surface area contributed by atoms with Crippen molar-refractivity contribution < 1.29 is 0 Å². The van der Waals surface area contributed by atoms with Crippen molar-refractivity contribution in [1.82, 2.24) is 0 Å². The van der Waals surface area contributed by atoms with E-state index >= 15 is 0 Å². The van der Waals surface area contributed by atoms with Gasteiger partial charge in [-0.1, -0.05) is 51.1 Å². The number of hydrogen-bond donors (Lipinski definition) is 1. The van der Waals surface area contributed by atoms with Crippen molar-refractivity contribution in [3.8, 4) is 0 Å². The van der Waals surface area contributed by atoms with Gasteiger partial charge in [0.1, 0.15) is 0 Å². The summed E-state index contributed by atoms with van der Waals surface area (Å²) in [5.41, 5.74) is 10.8. The highest BCUT2D eigenvalue weighted by Gasteiger charge is 2.17. The van der Waals surface area contributed by atoms with E-state index in [1.54, 1.807) is 0 Å². The van der Waals surface area contributed by atoms with Gasteiger partial charge in [0.2, 0.25) is 0 Å². The Balaban J connectivity index is 0.000000550. The number of allylic oxidation sites excluding steroid dienone is 2. The Labute approximate surface area is 118 Å². The van der Waals surface area contributed by atoms with Crippen LogP contribution in [0.4, 0.5) is 5.69 Å². The molecule has 1 aliphatic carbocycles. The van der Waals surface area contributed by atoms with Crippen LogP contribution in [-0.4, -0.2) is 0 Å². The topological polar surface area (TPSA) is 26.0 Å². The zero-order valence-electron chi connectivity index (χ0n) is 12.6. The van der Waals surface area contributed by atoms with Crippen LogP contribution in [0, 0.1) is 6.92 Å². The van der Waals surface area contributed by atoms with Gasteiger partial charge in [-0.3, -0.25) is 0 Å². The molecule has 0 bridgehead atoms. The summed E-state index contributed by atoms with van der Waals surface area (Å²) in [6, 6.07) is 4.05. The summed E-state index contributed by atoms with van der Waals surface area (Å²) in [6.07, 6.45) is 11.4. The molecule has 0 heterocycles. The molecule has 1 aromatic rings. The first-order valence-corrected chi connectivity index (χ1v) is 7.33. The Morgan fingerprint density at radius 1 is 1.37 bits per heavy atom. The Morgan fingerprint density at radius 2 is 2.05 bits per heavy atom. The van der Waals surface area contributed by atoms with E-state index in [0.717, 1.165) is 5.69 Å². The number of hydrogen-bond acceptors (Lipinski definition) is 1. The van der Waals surface area contributed by atoms with Crippen molar-refractivity contribution in [3.63, 3.8) is 0 Å². The van der Waals surface area contributed by atoms with E-state index in [0.29, 0.717) is 5.92 Å². The lowest BCUT2D eigenvalue weighted by atomic mass is 9.84. The predicted octanol–water partition coefficient (Wildman–Crippen LogP) is 5.46. The highest BCUT2D eigenvalue weighted by atomic mass is 14.6. The second-order valence-electron chi connectivity index (χ2n) is 5.16. The third-order valence-corrected chi connectivity index (χ3v) is 3.44. The van der Waals surface area contributed by atoms with Crippen molar-refractivity contribution in [2.45, 2.75) is 52.4 Å². The number of nitrogen functional groups attached to an aromatic ring is 1. The van der Waals surface area contributed by atoms with Crippen LogP contribution < -0.4 is 5.73 Å². The maximum atomic E-state index is 6.11. The van der Waals surface area contributed by atoms with Gasteiger partial charge in [-0.15, -0.1) is 0 Å². The molecule has 0 saturated heterocycles. The van der Waals surface area contributed by atoms with Crippen molar-refractivity contribution in [2.24, 2.45) is 0 Å². The fourth-order valence-electron chi connectivity index (χ4n) is 2.53. The van der Waals surface area contributed by atoms with Crippen molar-refractivity contribution in [1.29, 1.82) is 0 Å². The highest BCUT2D eigenvalue weighted by molar-refractivity contribution is 5.63. The van der Waals surface area contributed by atoms with Gasteiger partial charge in [-0.25, -0.2) is 0 Å². The van der Waals surface area contributed by atoms with Gasteiger partial charge in [-0.05, 0) is 48.9 Å². The first-order valence-electron chi connectivity index (χ1n) is 7.33. The lowest BCUT2D eigenvalue weighted by Gasteiger charge is -2.22. The molecule has 19 heavy (non-hydrogen) atoms. The largest absolute Gasteiger partial charge is 0.398 e. The molecule has 0 aliphatic heterocycles. The van der Waals surface area contributed by atoms with Gasteiger partial charge in [0.15, 0.2) is 0 Å². The number of nitrogens with two attached hydrogens (primary N) is 1. The maximum absolute atomic E-state index is 6.11. The summed E-state index contributed by atoms with van der Waals surface area (Å²) in [5, 5.41) is 0. The molecule has 0 spiro atoms. The van der Waals surface area contributed by atoms with Crippen LogP contribution in [0.1, 0.15) is 62.1 Å². The van der Waals surface area contributed by atoms with E-state index in [1.165, 1.54) is 42.4 Å². The van der Waals surface area contributed by atoms with E-state index in [1.807, 2.05) is 18.2 Å². The van der Waals surface area contributed by atoms with Crippen molar-refractivity contribution >= 4 is 11.8 Å². The fourth-order valence-corrected chi connectivity index (χ4v) is 2.53. The van der Waals surface area contributed by atoms with Crippen LogP contribution in [0.15, 0.2) is 30.9 Å². The highest BCUT2D eigenvalue weighted by Crippen LogP contribution is 2.35. The zero-order chi connectivity index (χ0) is 14.3. The standard InChI is InChI=1S/C15H19N.C3H8/c1-3-12-9-10-14(16)15(11(12)2)13-7-5-4-6-8-13;1-3-2/h3,5,7,9-10,13H,1,4,6,8,16H2,2H3;3H2,1-2H3. The normalized spacial score (nSPS) is 17.5. The van der Waals surface area contributed by atoms with E-state index in [-0.39, 0.29) is 0 Å². The van der Waals surface area contributed by atoms with E-state index < -0.39 is 0 Å². The summed E-state index contributed by atoms with van der Waals surface area (Å²) in [4.78, 5) is 0. The lowest BCUT2D eigenvalue weighted by Crippen LogP contribution is -2.06. The van der Waals surface area contributed by atoms with Gasteiger partial charge >= 0.3 is 0 Å². The second kappa shape index (κ2) is 7.83. The van der Waals surface area contributed by atoms with Crippen molar-refractivity contribution in [2.75, 3.05) is 5.73 Å². The van der Waals surface area contributed by atoms with Gasteiger partial charge in [0.25, 0.3) is 0 Å². The average molecular weight is 257 g/mol. The number of rotatable bonds is 2. The van der Waals surface area contributed by atoms with Crippen LogP contribution in [0.2, 0.25) is 0 Å². The van der Waals surface area contributed by atoms with Crippen molar-refractivity contribution in [3.05, 3.63) is 47.6 Å². The molecule has 0 aromatic heterocycles. The molecule has 1 heteroatoms. The summed E-state index contributed by atoms with van der Waals surface area (Å²) in [7, 11) is 0. The first kappa shape index (κ1) is 15.6. The molecular formula is C18H27N. The molecule has 0 fully saturated rings. The zero-order valence-corrected chi connectivity index (χ0v) is 12.6. The van der Waals surface area contributed by atoms with Gasteiger partial charge in [0, 0.05) is 11.6 Å². The summed E-state index contributed by atoms with van der Waals surface area (Å²) >= 11 is 0. The van der Waals surface area contributed by atoms with Crippen LogP contribution in [0.3, 0.4) is 0 Å². The molecule has 0 saturated carbocycles. The Morgan fingerprint density at radius 3 is 2.58 bits per heavy atom. The maximum Gasteiger partial charge on any atom is 0.0355 e. The monoisotopic (exact) mass is 257 g/mol. The van der Waals surface area contributed by atoms with Gasteiger partial charge in [-0.2, -0.15) is 0 Å². The van der Waals surface area contributed by atoms with Crippen LogP contribution in [0.25, 0.3) is 6.08 Å². The quantitative estimate of drug-likeness (QED) is 0.552. The molecule has 104 valence electrons. The van der Waals surface area contributed by atoms with E-state index in [9.17, 15) is 0 Å². The minimum atomic E-state index is 0.494. The van der Waals surface area contributed by atoms with Crippen LogP contribution in [-0.2, 0) is 0 Å². The molecule has 0 amide bonds. The van der Waals surface area contributed by atoms with Crippen LogP contribution in [0.5, 0.6) is 0 Å².